The van der Waals surface area contributed by atoms with Crippen molar-refractivity contribution in [2.45, 2.75) is 38.5 Å². The highest BCUT2D eigenvalue weighted by atomic mass is 16.1. The lowest BCUT2D eigenvalue weighted by molar-refractivity contribution is -0.116. The molecule has 27 heavy (non-hydrogen) atoms. The van der Waals surface area contributed by atoms with Crippen molar-refractivity contribution in [2.75, 3.05) is 5.32 Å². The maximum absolute atomic E-state index is 12.7. The summed E-state index contributed by atoms with van der Waals surface area (Å²) < 4.78 is 0. The molecule has 0 fully saturated rings. The van der Waals surface area contributed by atoms with Crippen molar-refractivity contribution in [1.29, 1.82) is 0 Å². The molecule has 3 aromatic rings. The minimum absolute atomic E-state index is 0.0243. The second-order valence-electron chi connectivity index (χ2n) is 7.95. The van der Waals surface area contributed by atoms with Gasteiger partial charge in [-0.15, -0.1) is 0 Å². The van der Waals surface area contributed by atoms with Crippen LogP contribution in [0.4, 0.5) is 5.69 Å². The minimum atomic E-state index is 0.0243. The van der Waals surface area contributed by atoms with E-state index >= 15 is 0 Å². The molecule has 0 saturated heterocycles. The number of carbonyl (C=O) groups is 1. The van der Waals surface area contributed by atoms with Crippen LogP contribution in [0.3, 0.4) is 0 Å². The molecule has 0 atom stereocenters. The lowest BCUT2D eigenvalue weighted by atomic mass is 9.87. The molecule has 3 rings (SSSR count). The molecular formula is C25H27NO. The average Bonchev–Trinajstić information content (AvgIpc) is 2.67. The third kappa shape index (κ3) is 5.07. The SMILES string of the molecule is CC(C)(C)c1ccc(NC(=O)CC(c2ccccc2)c2ccccc2)cc1. The van der Waals surface area contributed by atoms with Crippen LogP contribution in [-0.2, 0) is 10.2 Å². The average molecular weight is 357 g/mol. The molecular weight excluding hydrogens is 330 g/mol. The molecule has 138 valence electrons. The van der Waals surface area contributed by atoms with E-state index in [-0.39, 0.29) is 17.2 Å². The Morgan fingerprint density at radius 3 is 1.70 bits per heavy atom. The monoisotopic (exact) mass is 357 g/mol. The summed E-state index contributed by atoms with van der Waals surface area (Å²) in [4.78, 5) is 12.7. The van der Waals surface area contributed by atoms with Crippen LogP contribution in [0.2, 0.25) is 0 Å². The number of amides is 1. The van der Waals surface area contributed by atoms with Crippen molar-refractivity contribution in [1.82, 2.24) is 0 Å². The summed E-state index contributed by atoms with van der Waals surface area (Å²) in [5.74, 6) is 0.0671. The van der Waals surface area contributed by atoms with E-state index in [4.69, 9.17) is 0 Å². The van der Waals surface area contributed by atoms with Gasteiger partial charge in [0.1, 0.15) is 0 Å². The lowest BCUT2D eigenvalue weighted by Crippen LogP contribution is -2.17. The zero-order chi connectivity index (χ0) is 19.3. The first-order valence-electron chi connectivity index (χ1n) is 9.44. The molecule has 0 spiro atoms. The van der Waals surface area contributed by atoms with Gasteiger partial charge < -0.3 is 5.32 Å². The second-order valence-corrected chi connectivity index (χ2v) is 7.95. The smallest absolute Gasteiger partial charge is 0.225 e. The third-order valence-electron chi connectivity index (χ3n) is 4.83. The Hall–Kier alpha value is -2.87. The summed E-state index contributed by atoms with van der Waals surface area (Å²) in [6.45, 7) is 6.56. The molecule has 0 aromatic heterocycles. The van der Waals surface area contributed by atoms with Crippen LogP contribution in [0, 0.1) is 0 Å². The Kier molecular flexibility index (Phi) is 5.75. The highest BCUT2D eigenvalue weighted by Gasteiger charge is 2.18. The molecule has 2 heteroatoms. The van der Waals surface area contributed by atoms with E-state index in [0.717, 1.165) is 16.8 Å². The van der Waals surface area contributed by atoms with E-state index < -0.39 is 0 Å². The van der Waals surface area contributed by atoms with Crippen LogP contribution >= 0.6 is 0 Å². The zero-order valence-electron chi connectivity index (χ0n) is 16.3. The van der Waals surface area contributed by atoms with Gasteiger partial charge in [0.05, 0.1) is 0 Å². The number of nitrogens with one attached hydrogen (secondary N) is 1. The van der Waals surface area contributed by atoms with Crippen LogP contribution in [-0.4, -0.2) is 5.91 Å². The molecule has 1 amide bonds. The van der Waals surface area contributed by atoms with Gasteiger partial charge in [-0.2, -0.15) is 0 Å². The van der Waals surface area contributed by atoms with Crippen LogP contribution in [0.5, 0.6) is 0 Å². The quantitative estimate of drug-likeness (QED) is 0.583. The summed E-state index contributed by atoms with van der Waals surface area (Å²) in [5.41, 5.74) is 4.51. The van der Waals surface area contributed by atoms with Gasteiger partial charge >= 0.3 is 0 Å². The van der Waals surface area contributed by atoms with Crippen molar-refractivity contribution in [3.05, 3.63) is 102 Å². The predicted octanol–water partition coefficient (Wildman–Crippen LogP) is 6.14. The molecule has 0 unspecified atom stereocenters. The van der Waals surface area contributed by atoms with Gasteiger partial charge in [-0.05, 0) is 34.2 Å². The Morgan fingerprint density at radius 2 is 1.26 bits per heavy atom. The number of carbonyl (C=O) groups excluding carboxylic acids is 1. The largest absolute Gasteiger partial charge is 0.326 e. The van der Waals surface area contributed by atoms with Crippen LogP contribution in [0.25, 0.3) is 0 Å². The van der Waals surface area contributed by atoms with E-state index in [1.54, 1.807) is 0 Å². The van der Waals surface area contributed by atoms with E-state index in [0.29, 0.717) is 6.42 Å². The van der Waals surface area contributed by atoms with E-state index in [1.807, 2.05) is 48.5 Å². The van der Waals surface area contributed by atoms with Gasteiger partial charge in [0.2, 0.25) is 5.91 Å². The van der Waals surface area contributed by atoms with Gasteiger partial charge in [0, 0.05) is 18.0 Å². The summed E-state index contributed by atoms with van der Waals surface area (Å²) >= 11 is 0. The fourth-order valence-electron chi connectivity index (χ4n) is 3.25. The van der Waals surface area contributed by atoms with Crippen LogP contribution in [0.15, 0.2) is 84.9 Å². The highest BCUT2D eigenvalue weighted by molar-refractivity contribution is 5.91. The molecule has 1 N–H and O–H groups in total. The van der Waals surface area contributed by atoms with Gasteiger partial charge in [0.15, 0.2) is 0 Å². The summed E-state index contributed by atoms with van der Waals surface area (Å²) in [5, 5.41) is 3.05. The van der Waals surface area contributed by atoms with E-state index in [2.05, 4.69) is 62.5 Å². The topological polar surface area (TPSA) is 29.1 Å². The number of rotatable bonds is 5. The third-order valence-corrected chi connectivity index (χ3v) is 4.83. The Morgan fingerprint density at radius 1 is 0.778 bits per heavy atom. The number of hydrogen-bond donors (Lipinski definition) is 1. The predicted molar refractivity (Wildman–Crippen MR) is 113 cm³/mol. The van der Waals surface area contributed by atoms with Gasteiger partial charge in [-0.25, -0.2) is 0 Å². The molecule has 0 bridgehead atoms. The zero-order valence-corrected chi connectivity index (χ0v) is 16.3. The maximum atomic E-state index is 12.7. The lowest BCUT2D eigenvalue weighted by Gasteiger charge is -2.20. The normalized spacial score (nSPS) is 11.4. The fraction of sp³-hybridized carbons (Fsp3) is 0.240. The Labute approximate surface area is 162 Å². The Balaban J connectivity index is 1.75. The molecule has 0 aliphatic rings. The molecule has 0 aliphatic carbocycles. The van der Waals surface area contributed by atoms with E-state index in [9.17, 15) is 4.79 Å². The first kappa shape index (κ1) is 18.9. The first-order valence-corrected chi connectivity index (χ1v) is 9.44. The van der Waals surface area contributed by atoms with Crippen molar-refractivity contribution < 1.29 is 4.79 Å². The standard InChI is InChI=1S/C25H27NO/c1-25(2,3)21-14-16-22(17-15-21)26-24(27)18-23(19-10-6-4-7-11-19)20-12-8-5-9-13-20/h4-17,23H,18H2,1-3H3,(H,26,27). The van der Waals surface area contributed by atoms with Crippen molar-refractivity contribution in [3.8, 4) is 0 Å². The summed E-state index contributed by atoms with van der Waals surface area (Å²) in [6, 6.07) is 28.6. The van der Waals surface area contributed by atoms with Gasteiger partial charge in [0.25, 0.3) is 0 Å². The molecule has 0 radical (unpaired) electrons. The molecule has 3 aromatic carbocycles. The molecule has 0 aliphatic heterocycles. The first-order chi connectivity index (χ1) is 12.9. The van der Waals surface area contributed by atoms with Crippen molar-refractivity contribution in [2.24, 2.45) is 0 Å². The molecule has 2 nitrogen and oxygen atoms in total. The van der Waals surface area contributed by atoms with Crippen molar-refractivity contribution in [3.63, 3.8) is 0 Å². The number of anilines is 1. The highest BCUT2D eigenvalue weighted by Crippen LogP contribution is 2.29. The fourth-order valence-corrected chi connectivity index (χ4v) is 3.25. The Bertz CT molecular complexity index is 822. The van der Waals surface area contributed by atoms with Crippen molar-refractivity contribution >= 4 is 11.6 Å². The van der Waals surface area contributed by atoms with Crippen LogP contribution in [0.1, 0.15) is 49.8 Å². The summed E-state index contributed by atoms with van der Waals surface area (Å²) in [6.07, 6.45) is 0.412. The minimum Gasteiger partial charge on any atom is -0.326 e. The number of benzene rings is 3. The second kappa shape index (κ2) is 8.22. The van der Waals surface area contributed by atoms with E-state index in [1.165, 1.54) is 5.56 Å². The van der Waals surface area contributed by atoms with Gasteiger partial charge in [-0.3, -0.25) is 4.79 Å². The number of hydrogen-bond acceptors (Lipinski definition) is 1. The van der Waals surface area contributed by atoms with Crippen LogP contribution < -0.4 is 5.32 Å². The molecule has 0 heterocycles. The van der Waals surface area contributed by atoms with Gasteiger partial charge in [-0.1, -0.05) is 93.6 Å². The summed E-state index contributed by atoms with van der Waals surface area (Å²) in [7, 11) is 0. The molecule has 0 saturated carbocycles. The maximum Gasteiger partial charge on any atom is 0.225 e.